The highest BCUT2D eigenvalue weighted by Gasteiger charge is 2.22. The van der Waals surface area contributed by atoms with Gasteiger partial charge in [-0.2, -0.15) is 26.9 Å². The van der Waals surface area contributed by atoms with Gasteiger partial charge in [0.1, 0.15) is 16.5 Å². The summed E-state index contributed by atoms with van der Waals surface area (Å²) < 4.78 is 68.5. The lowest BCUT2D eigenvalue weighted by atomic mass is 10.1. The molecule has 128 valence electrons. The molecule has 2 aromatic rings. The van der Waals surface area contributed by atoms with E-state index in [1.165, 1.54) is 13.0 Å². The number of alkyl halides is 2. The normalized spacial score (nSPS) is 10.8. The summed E-state index contributed by atoms with van der Waals surface area (Å²) in [6.07, 6.45) is 0. The van der Waals surface area contributed by atoms with Gasteiger partial charge in [0.25, 0.3) is 11.9 Å². The number of aromatic nitrogens is 1. The van der Waals surface area contributed by atoms with Crippen LogP contribution in [0.3, 0.4) is 0 Å². The molecule has 0 aliphatic carbocycles. The van der Waals surface area contributed by atoms with E-state index in [1.54, 1.807) is 0 Å². The molecule has 0 radical (unpaired) electrons. The maximum atomic E-state index is 13.6. The van der Waals surface area contributed by atoms with Crippen molar-refractivity contribution in [1.82, 2.24) is 4.98 Å². The van der Waals surface area contributed by atoms with Gasteiger partial charge in [-0.3, -0.25) is 4.79 Å². The van der Waals surface area contributed by atoms with Crippen molar-refractivity contribution >= 4 is 23.2 Å². The van der Waals surface area contributed by atoms with Gasteiger partial charge in [-0.05, 0) is 30.7 Å². The Labute approximate surface area is 137 Å². The van der Waals surface area contributed by atoms with E-state index in [0.29, 0.717) is 0 Å². The Morgan fingerprint density at radius 3 is 2.50 bits per heavy atom. The highest BCUT2D eigenvalue weighted by Crippen LogP contribution is 2.29. The molecule has 0 saturated carbocycles. The van der Waals surface area contributed by atoms with Gasteiger partial charge in [-0.25, -0.2) is 0 Å². The highest BCUT2D eigenvalue weighted by molar-refractivity contribution is 6.34. The van der Waals surface area contributed by atoms with Gasteiger partial charge in [0.15, 0.2) is 0 Å². The summed E-state index contributed by atoms with van der Waals surface area (Å²) in [5.74, 6) is -6.03. The minimum Gasteiger partial charge on any atom is -0.435 e. The Bertz CT molecular complexity index is 775. The molecule has 1 amide bonds. The number of rotatable bonds is 4. The van der Waals surface area contributed by atoms with E-state index in [2.05, 4.69) is 9.72 Å². The molecule has 0 bridgehead atoms. The molecule has 0 unspecified atom stereocenters. The summed E-state index contributed by atoms with van der Waals surface area (Å²) in [4.78, 5) is 14.6. The Kier molecular flexibility index (Phi) is 5.23. The van der Waals surface area contributed by atoms with Gasteiger partial charge >= 0.3 is 6.61 Å². The molecule has 0 saturated heterocycles. The second kappa shape index (κ2) is 7.00. The average Bonchev–Trinajstić information content (AvgIpc) is 2.51. The minimum absolute atomic E-state index is 0.0952. The number of nitrogens with zero attached hydrogens (tertiary/aromatic N) is 1. The van der Waals surface area contributed by atoms with Crippen molar-refractivity contribution in [3.8, 4) is 5.75 Å². The number of pyridine rings is 1. The summed E-state index contributed by atoms with van der Waals surface area (Å²) >= 11 is 5.45. The van der Waals surface area contributed by atoms with Crippen LogP contribution >= 0.6 is 11.6 Å². The first kappa shape index (κ1) is 17.9. The summed E-state index contributed by atoms with van der Waals surface area (Å²) in [7, 11) is 0. The monoisotopic (exact) mass is 366 g/mol. The Morgan fingerprint density at radius 1 is 1.25 bits per heavy atom. The highest BCUT2D eigenvalue weighted by atomic mass is 35.5. The fourth-order valence-electron chi connectivity index (χ4n) is 1.80. The third kappa shape index (κ3) is 3.73. The molecule has 0 atom stereocenters. The van der Waals surface area contributed by atoms with Gasteiger partial charge in [-0.1, -0.05) is 11.6 Å². The number of anilines is 1. The first-order chi connectivity index (χ1) is 11.2. The lowest BCUT2D eigenvalue weighted by Crippen LogP contribution is -2.15. The van der Waals surface area contributed by atoms with Crippen LogP contribution in [-0.2, 0) is 0 Å². The lowest BCUT2D eigenvalue weighted by molar-refractivity contribution is -0.0502. The molecule has 4 nitrogen and oxygen atoms in total. The molecule has 24 heavy (non-hydrogen) atoms. The molecular formula is C14H8ClF5N2O2. The van der Waals surface area contributed by atoms with E-state index in [-0.39, 0.29) is 16.9 Å². The Balaban J connectivity index is 2.30. The van der Waals surface area contributed by atoms with Crippen molar-refractivity contribution in [2.45, 2.75) is 13.5 Å². The number of carbonyl (C=O) groups excluding carboxylic acids is 1. The maximum Gasteiger partial charge on any atom is 0.387 e. The van der Waals surface area contributed by atoms with Crippen LogP contribution in [0, 0.1) is 24.6 Å². The van der Waals surface area contributed by atoms with Crippen LogP contribution in [0.5, 0.6) is 5.75 Å². The SMILES string of the molecule is Cc1cc(C(=O)Nc2c(F)c(F)nc(F)c2Cl)ccc1OC(F)F. The number of ether oxygens (including phenoxy) is 1. The first-order valence-corrected chi connectivity index (χ1v) is 6.65. The second-order valence-electron chi connectivity index (χ2n) is 4.51. The topological polar surface area (TPSA) is 51.2 Å². The number of hydrogen-bond donors (Lipinski definition) is 1. The minimum atomic E-state index is -3.04. The molecule has 1 N–H and O–H groups in total. The molecular weight excluding hydrogens is 359 g/mol. The van der Waals surface area contributed by atoms with E-state index < -0.39 is 40.9 Å². The molecule has 0 aliphatic rings. The Hall–Kier alpha value is -2.42. The molecule has 2 rings (SSSR count). The zero-order valence-corrected chi connectivity index (χ0v) is 12.6. The molecule has 0 fully saturated rings. The third-order valence-corrected chi connectivity index (χ3v) is 3.23. The number of carbonyl (C=O) groups is 1. The van der Waals surface area contributed by atoms with Crippen LogP contribution in [0.1, 0.15) is 15.9 Å². The smallest absolute Gasteiger partial charge is 0.387 e. The van der Waals surface area contributed by atoms with Crippen molar-refractivity contribution in [1.29, 1.82) is 0 Å². The van der Waals surface area contributed by atoms with Gasteiger partial charge < -0.3 is 10.1 Å². The van der Waals surface area contributed by atoms with Gasteiger partial charge in [0, 0.05) is 5.56 Å². The van der Waals surface area contributed by atoms with E-state index in [1.807, 2.05) is 5.32 Å². The van der Waals surface area contributed by atoms with Crippen LogP contribution in [0.2, 0.25) is 5.02 Å². The molecule has 0 aliphatic heterocycles. The van der Waals surface area contributed by atoms with Crippen molar-refractivity contribution in [2.24, 2.45) is 0 Å². The van der Waals surface area contributed by atoms with E-state index in [0.717, 1.165) is 12.1 Å². The van der Waals surface area contributed by atoms with Crippen LogP contribution < -0.4 is 10.1 Å². The second-order valence-corrected chi connectivity index (χ2v) is 4.89. The molecule has 10 heteroatoms. The van der Waals surface area contributed by atoms with Gasteiger partial charge in [0.05, 0.1) is 0 Å². The van der Waals surface area contributed by atoms with Crippen LogP contribution in [0.15, 0.2) is 18.2 Å². The third-order valence-electron chi connectivity index (χ3n) is 2.89. The number of benzene rings is 1. The molecule has 1 aromatic heterocycles. The summed E-state index contributed by atoms with van der Waals surface area (Å²) in [6, 6.07) is 3.38. The zero-order chi connectivity index (χ0) is 18.0. The molecule has 1 aromatic carbocycles. The number of aryl methyl sites for hydroxylation is 1. The van der Waals surface area contributed by atoms with E-state index >= 15 is 0 Å². The number of nitrogens with one attached hydrogen (secondary N) is 1. The zero-order valence-electron chi connectivity index (χ0n) is 11.8. The van der Waals surface area contributed by atoms with Crippen LogP contribution in [0.25, 0.3) is 0 Å². The van der Waals surface area contributed by atoms with E-state index in [9.17, 15) is 26.7 Å². The van der Waals surface area contributed by atoms with Crippen molar-refractivity contribution in [3.05, 3.63) is 52.1 Å². The predicted molar refractivity (Wildman–Crippen MR) is 74.9 cm³/mol. The Morgan fingerprint density at radius 2 is 1.92 bits per heavy atom. The summed E-state index contributed by atoms with van der Waals surface area (Å²) in [5, 5.41) is 1.00. The fourth-order valence-corrected chi connectivity index (χ4v) is 1.97. The largest absolute Gasteiger partial charge is 0.435 e. The fraction of sp³-hybridized carbons (Fsp3) is 0.143. The van der Waals surface area contributed by atoms with Crippen molar-refractivity contribution < 1.29 is 31.5 Å². The number of halogens is 6. The van der Waals surface area contributed by atoms with E-state index in [4.69, 9.17) is 11.6 Å². The van der Waals surface area contributed by atoms with Crippen LogP contribution in [-0.4, -0.2) is 17.5 Å². The standard InChI is InChI=1S/C14H8ClF5N2O2/c1-5-4-6(2-3-7(5)24-14(19)20)13(23)21-10-8(15)11(17)22-12(18)9(10)16/h2-4,14H,1H3,(H,21,22,23). The molecule has 1 heterocycles. The molecule has 0 spiro atoms. The lowest BCUT2D eigenvalue weighted by Gasteiger charge is -2.11. The van der Waals surface area contributed by atoms with Gasteiger partial charge in [-0.15, -0.1) is 0 Å². The average molecular weight is 367 g/mol. The predicted octanol–water partition coefficient (Wildman–Crippen LogP) is 4.31. The number of amides is 1. The van der Waals surface area contributed by atoms with Crippen molar-refractivity contribution in [2.75, 3.05) is 5.32 Å². The quantitative estimate of drug-likeness (QED) is 0.648. The maximum absolute atomic E-state index is 13.6. The van der Waals surface area contributed by atoms with Crippen LogP contribution in [0.4, 0.5) is 27.6 Å². The number of hydrogen-bond acceptors (Lipinski definition) is 3. The first-order valence-electron chi connectivity index (χ1n) is 6.27. The summed E-state index contributed by atoms with van der Waals surface area (Å²) in [6.45, 7) is -1.65. The summed E-state index contributed by atoms with van der Waals surface area (Å²) in [5.41, 5.74) is -0.818. The van der Waals surface area contributed by atoms with Crippen molar-refractivity contribution in [3.63, 3.8) is 0 Å². The van der Waals surface area contributed by atoms with Gasteiger partial charge in [0.2, 0.25) is 11.8 Å².